The lowest BCUT2D eigenvalue weighted by molar-refractivity contribution is -0.240. The van der Waals surface area contributed by atoms with Crippen molar-refractivity contribution in [2.45, 2.75) is 31.6 Å². The van der Waals surface area contributed by atoms with Gasteiger partial charge in [0, 0.05) is 0 Å². The summed E-state index contributed by atoms with van der Waals surface area (Å²) in [5, 5.41) is 9.20. The highest BCUT2D eigenvalue weighted by atomic mass is 16.6. The average Bonchev–Trinajstić information content (AvgIpc) is 2.04. The van der Waals surface area contributed by atoms with Crippen LogP contribution in [0.5, 0.6) is 0 Å². The van der Waals surface area contributed by atoms with E-state index >= 15 is 0 Å². The number of piperidine rings is 1. The van der Waals surface area contributed by atoms with E-state index in [1.165, 1.54) is 19.3 Å². The molecule has 0 radical (unpaired) electrons. The summed E-state index contributed by atoms with van der Waals surface area (Å²) in [6.07, 6.45) is 3.40. The standard InChI is InChI=1S/C8H15NO2/c10-8-7(6-11-8)9-4-2-1-3-5-9/h7-8,10H,1-6H2/t7?,8-/m0/s1. The zero-order valence-corrected chi connectivity index (χ0v) is 6.70. The van der Waals surface area contributed by atoms with Crippen molar-refractivity contribution in [1.29, 1.82) is 0 Å². The van der Waals surface area contributed by atoms with Crippen molar-refractivity contribution in [3.8, 4) is 0 Å². The van der Waals surface area contributed by atoms with E-state index in [-0.39, 0.29) is 0 Å². The van der Waals surface area contributed by atoms with Crippen LogP contribution in [0.3, 0.4) is 0 Å². The molecule has 2 rings (SSSR count). The summed E-state index contributed by atoms with van der Waals surface area (Å²) in [5.41, 5.74) is 0. The van der Waals surface area contributed by atoms with E-state index < -0.39 is 6.29 Å². The third-order valence-electron chi connectivity index (χ3n) is 2.63. The van der Waals surface area contributed by atoms with Gasteiger partial charge in [0.2, 0.25) is 0 Å². The minimum Gasteiger partial charge on any atom is -0.367 e. The predicted molar refractivity (Wildman–Crippen MR) is 41.2 cm³/mol. The Bertz CT molecular complexity index is 134. The van der Waals surface area contributed by atoms with Gasteiger partial charge in [-0.3, -0.25) is 4.90 Å². The fourth-order valence-corrected chi connectivity index (χ4v) is 1.80. The highest BCUT2D eigenvalue weighted by molar-refractivity contribution is 4.82. The Labute approximate surface area is 66.9 Å². The van der Waals surface area contributed by atoms with Gasteiger partial charge < -0.3 is 9.84 Å². The third-order valence-corrected chi connectivity index (χ3v) is 2.63. The van der Waals surface area contributed by atoms with E-state index in [4.69, 9.17) is 4.74 Å². The van der Waals surface area contributed by atoms with E-state index in [0.717, 1.165) is 19.7 Å². The van der Waals surface area contributed by atoms with Crippen LogP contribution in [0, 0.1) is 0 Å². The molecule has 0 aromatic rings. The van der Waals surface area contributed by atoms with Gasteiger partial charge in [-0.1, -0.05) is 6.42 Å². The smallest absolute Gasteiger partial charge is 0.172 e. The highest BCUT2D eigenvalue weighted by Crippen LogP contribution is 2.20. The van der Waals surface area contributed by atoms with Crippen molar-refractivity contribution in [2.24, 2.45) is 0 Å². The van der Waals surface area contributed by atoms with E-state index in [2.05, 4.69) is 4.90 Å². The molecule has 0 aromatic carbocycles. The van der Waals surface area contributed by atoms with Crippen molar-refractivity contribution >= 4 is 0 Å². The molecular formula is C8H15NO2. The molecule has 64 valence electrons. The molecule has 2 atom stereocenters. The van der Waals surface area contributed by atoms with Crippen LogP contribution in [0.2, 0.25) is 0 Å². The van der Waals surface area contributed by atoms with Crippen LogP contribution in [0.1, 0.15) is 19.3 Å². The predicted octanol–water partition coefficient (Wildman–Crippen LogP) is 0.189. The molecule has 0 aromatic heterocycles. The molecule has 2 heterocycles. The molecule has 0 aliphatic carbocycles. The van der Waals surface area contributed by atoms with Gasteiger partial charge in [0.05, 0.1) is 12.6 Å². The second-order valence-electron chi connectivity index (χ2n) is 3.39. The Morgan fingerprint density at radius 3 is 2.36 bits per heavy atom. The number of hydrogen-bond donors (Lipinski definition) is 1. The third kappa shape index (κ3) is 1.41. The lowest BCUT2D eigenvalue weighted by Crippen LogP contribution is -2.57. The molecule has 0 amide bonds. The van der Waals surface area contributed by atoms with Gasteiger partial charge in [-0.15, -0.1) is 0 Å². The van der Waals surface area contributed by atoms with Gasteiger partial charge in [-0.25, -0.2) is 0 Å². The maximum Gasteiger partial charge on any atom is 0.172 e. The fraction of sp³-hybridized carbons (Fsp3) is 1.00. The quantitative estimate of drug-likeness (QED) is 0.589. The molecule has 11 heavy (non-hydrogen) atoms. The molecule has 3 heteroatoms. The lowest BCUT2D eigenvalue weighted by Gasteiger charge is -2.42. The molecule has 1 unspecified atom stereocenters. The summed E-state index contributed by atoms with van der Waals surface area (Å²) in [4.78, 5) is 2.34. The Kier molecular flexibility index (Phi) is 2.11. The van der Waals surface area contributed by atoms with Crippen LogP contribution in [0.15, 0.2) is 0 Å². The largest absolute Gasteiger partial charge is 0.367 e. The number of rotatable bonds is 1. The number of hydrogen-bond acceptors (Lipinski definition) is 3. The maximum absolute atomic E-state index is 9.20. The van der Waals surface area contributed by atoms with E-state index in [1.807, 2.05) is 0 Å². The second kappa shape index (κ2) is 3.09. The van der Waals surface area contributed by atoms with Crippen LogP contribution in [-0.4, -0.2) is 42.0 Å². The van der Waals surface area contributed by atoms with Gasteiger partial charge >= 0.3 is 0 Å². The summed E-state index contributed by atoms with van der Waals surface area (Å²) in [6, 6.07) is 0.301. The Hall–Kier alpha value is -0.120. The van der Waals surface area contributed by atoms with Crippen LogP contribution in [0.4, 0.5) is 0 Å². The summed E-state index contributed by atoms with van der Waals surface area (Å²) in [5.74, 6) is 0. The number of likely N-dealkylation sites (tertiary alicyclic amines) is 1. The highest BCUT2D eigenvalue weighted by Gasteiger charge is 2.35. The molecule has 0 spiro atoms. The van der Waals surface area contributed by atoms with Gasteiger partial charge in [0.1, 0.15) is 0 Å². The van der Waals surface area contributed by atoms with E-state index in [9.17, 15) is 5.11 Å². The zero-order chi connectivity index (χ0) is 7.68. The SMILES string of the molecule is O[C@H]1OCC1N1CCCCC1. The second-order valence-corrected chi connectivity index (χ2v) is 3.39. The summed E-state index contributed by atoms with van der Waals surface area (Å²) in [6.45, 7) is 3.01. The molecular weight excluding hydrogens is 142 g/mol. The lowest BCUT2D eigenvalue weighted by atomic mass is 10.1. The summed E-state index contributed by atoms with van der Waals surface area (Å²) >= 11 is 0. The van der Waals surface area contributed by atoms with E-state index in [0.29, 0.717) is 6.04 Å². The molecule has 1 N–H and O–H groups in total. The molecule has 2 saturated heterocycles. The topological polar surface area (TPSA) is 32.7 Å². The first-order chi connectivity index (χ1) is 5.38. The first-order valence-electron chi connectivity index (χ1n) is 4.41. The van der Waals surface area contributed by atoms with Crippen LogP contribution in [-0.2, 0) is 4.74 Å². The van der Waals surface area contributed by atoms with Crippen molar-refractivity contribution in [3.63, 3.8) is 0 Å². The van der Waals surface area contributed by atoms with Gasteiger partial charge in [-0.2, -0.15) is 0 Å². The Balaban J connectivity index is 1.83. The summed E-state index contributed by atoms with van der Waals surface area (Å²) in [7, 11) is 0. The fourth-order valence-electron chi connectivity index (χ4n) is 1.80. The van der Waals surface area contributed by atoms with Gasteiger partial charge in [0.25, 0.3) is 0 Å². The van der Waals surface area contributed by atoms with Crippen molar-refractivity contribution in [1.82, 2.24) is 4.90 Å². The Morgan fingerprint density at radius 2 is 1.91 bits per heavy atom. The van der Waals surface area contributed by atoms with Crippen LogP contribution >= 0.6 is 0 Å². The number of aliphatic hydroxyl groups is 1. The molecule has 2 aliphatic rings. The van der Waals surface area contributed by atoms with E-state index in [1.54, 1.807) is 0 Å². The van der Waals surface area contributed by atoms with Crippen LogP contribution < -0.4 is 0 Å². The first kappa shape index (κ1) is 7.53. The molecule has 0 saturated carbocycles. The first-order valence-corrected chi connectivity index (χ1v) is 4.41. The van der Waals surface area contributed by atoms with Crippen molar-refractivity contribution in [2.75, 3.05) is 19.7 Å². The molecule has 3 nitrogen and oxygen atoms in total. The number of aliphatic hydroxyl groups excluding tert-OH is 1. The normalized spacial score (nSPS) is 40.1. The number of ether oxygens (including phenoxy) is 1. The molecule has 2 fully saturated rings. The van der Waals surface area contributed by atoms with Gasteiger partial charge in [-0.05, 0) is 25.9 Å². The minimum atomic E-state index is -0.506. The van der Waals surface area contributed by atoms with Crippen molar-refractivity contribution in [3.05, 3.63) is 0 Å². The minimum absolute atomic E-state index is 0.301. The van der Waals surface area contributed by atoms with Gasteiger partial charge in [0.15, 0.2) is 6.29 Å². The average molecular weight is 157 g/mol. The monoisotopic (exact) mass is 157 g/mol. The Morgan fingerprint density at radius 1 is 1.18 bits per heavy atom. The number of nitrogens with zero attached hydrogens (tertiary/aromatic N) is 1. The molecule has 0 bridgehead atoms. The molecule has 2 aliphatic heterocycles. The van der Waals surface area contributed by atoms with Crippen molar-refractivity contribution < 1.29 is 9.84 Å². The van der Waals surface area contributed by atoms with Crippen LogP contribution in [0.25, 0.3) is 0 Å². The zero-order valence-electron chi connectivity index (χ0n) is 6.70. The summed E-state index contributed by atoms with van der Waals surface area (Å²) < 4.78 is 4.91. The maximum atomic E-state index is 9.20.